The molecule has 2 aromatic carbocycles. The molecule has 10 heteroatoms. The van der Waals surface area contributed by atoms with Gasteiger partial charge >= 0.3 is 11.9 Å². The summed E-state index contributed by atoms with van der Waals surface area (Å²) in [6.45, 7) is 1.62. The molecular weight excluding hydrogens is 532 g/mol. The van der Waals surface area contributed by atoms with E-state index in [0.29, 0.717) is 21.8 Å². The summed E-state index contributed by atoms with van der Waals surface area (Å²) in [6.07, 6.45) is 0. The van der Waals surface area contributed by atoms with E-state index in [2.05, 4.69) is 20.9 Å². The van der Waals surface area contributed by atoms with Crippen molar-refractivity contribution in [1.82, 2.24) is 4.98 Å². The van der Waals surface area contributed by atoms with E-state index in [1.807, 2.05) is 0 Å². The molecule has 1 aromatic heterocycles. The van der Waals surface area contributed by atoms with Gasteiger partial charge in [0.05, 0.1) is 24.4 Å². The molecule has 0 radical (unpaired) electrons. The number of aliphatic hydroxyl groups excluding tert-OH is 1. The Bertz CT molecular complexity index is 1320. The smallest absolute Gasteiger partial charge is 0.350 e. The zero-order chi connectivity index (χ0) is 23.9. The van der Waals surface area contributed by atoms with Gasteiger partial charge in [0.15, 0.2) is 5.13 Å². The van der Waals surface area contributed by atoms with Crippen LogP contribution in [-0.4, -0.2) is 34.9 Å². The highest BCUT2D eigenvalue weighted by Crippen LogP contribution is 2.44. The first-order valence-corrected chi connectivity index (χ1v) is 11.6. The quantitative estimate of drug-likeness (QED) is 0.207. The Labute approximate surface area is 206 Å². The summed E-state index contributed by atoms with van der Waals surface area (Å²) in [7, 11) is 1.25. The number of amides is 1. The van der Waals surface area contributed by atoms with Crippen molar-refractivity contribution < 1.29 is 24.2 Å². The van der Waals surface area contributed by atoms with Crippen LogP contribution in [0.5, 0.6) is 0 Å². The molecular formula is C23H16BrClN2O5S. The summed E-state index contributed by atoms with van der Waals surface area (Å²) < 4.78 is 5.51. The largest absolute Gasteiger partial charge is 0.507 e. The van der Waals surface area contributed by atoms with Crippen molar-refractivity contribution in [2.75, 3.05) is 12.0 Å². The minimum absolute atomic E-state index is 0.0899. The van der Waals surface area contributed by atoms with Crippen LogP contribution in [0.2, 0.25) is 5.02 Å². The van der Waals surface area contributed by atoms with Crippen LogP contribution in [-0.2, 0) is 14.3 Å². The number of methoxy groups -OCH3 is 1. The highest BCUT2D eigenvalue weighted by Gasteiger charge is 2.48. The number of ketones is 1. The van der Waals surface area contributed by atoms with Crippen molar-refractivity contribution in [3.63, 3.8) is 0 Å². The molecule has 0 unspecified atom stereocenters. The van der Waals surface area contributed by atoms with E-state index in [-0.39, 0.29) is 21.3 Å². The van der Waals surface area contributed by atoms with Gasteiger partial charge in [-0.3, -0.25) is 14.5 Å². The number of halogens is 2. The average molecular weight is 548 g/mol. The van der Waals surface area contributed by atoms with Crippen LogP contribution in [0.4, 0.5) is 5.13 Å². The number of rotatable bonds is 4. The Morgan fingerprint density at radius 1 is 1.21 bits per heavy atom. The molecule has 1 aliphatic rings. The number of Topliss-reactive ketones (excluding diaryl/α,β-unsaturated/α-hetero) is 1. The molecule has 2 heterocycles. The first-order valence-electron chi connectivity index (χ1n) is 9.61. The van der Waals surface area contributed by atoms with E-state index >= 15 is 0 Å². The van der Waals surface area contributed by atoms with Gasteiger partial charge in [0.1, 0.15) is 10.6 Å². The maximum Gasteiger partial charge on any atom is 0.350 e. The van der Waals surface area contributed by atoms with Gasteiger partial charge in [-0.05, 0) is 48.9 Å². The molecule has 3 aromatic rings. The number of anilines is 1. The van der Waals surface area contributed by atoms with E-state index in [1.54, 1.807) is 55.5 Å². The average Bonchev–Trinajstić information content (AvgIpc) is 3.30. The second-order valence-electron chi connectivity index (χ2n) is 7.13. The number of hydrogen-bond acceptors (Lipinski definition) is 7. The van der Waals surface area contributed by atoms with Crippen LogP contribution in [0.3, 0.4) is 0 Å². The van der Waals surface area contributed by atoms with Crippen molar-refractivity contribution in [3.8, 4) is 0 Å². The van der Waals surface area contributed by atoms with Crippen molar-refractivity contribution >= 4 is 67.4 Å². The molecule has 0 saturated carbocycles. The first kappa shape index (κ1) is 23.2. The summed E-state index contributed by atoms with van der Waals surface area (Å²) >= 11 is 10.3. The fraction of sp³-hybridized carbons (Fsp3) is 0.130. The Hall–Kier alpha value is -3.01. The lowest BCUT2D eigenvalue weighted by Gasteiger charge is -2.23. The predicted octanol–water partition coefficient (Wildman–Crippen LogP) is 5.28. The second kappa shape index (κ2) is 9.09. The molecule has 168 valence electrons. The number of carbonyl (C=O) groups is 3. The minimum atomic E-state index is -0.964. The third kappa shape index (κ3) is 4.19. The van der Waals surface area contributed by atoms with Gasteiger partial charge < -0.3 is 9.84 Å². The first-order chi connectivity index (χ1) is 15.7. The molecule has 1 fully saturated rings. The van der Waals surface area contributed by atoms with Gasteiger partial charge in [0.2, 0.25) is 0 Å². The summed E-state index contributed by atoms with van der Waals surface area (Å²) in [5, 5.41) is 11.7. The molecule has 4 rings (SSSR count). The van der Waals surface area contributed by atoms with Gasteiger partial charge in [-0.2, -0.15) is 0 Å². The molecule has 1 amide bonds. The standard InChI is InChI=1S/C23H16BrClN2O5S/c1-11-20(22(31)32-2)33-23(26-11)27-17(13-4-3-5-14(24)10-13)16(19(29)21(27)30)18(28)12-6-8-15(25)9-7-12/h3-10,17,28H,1-2H3/t17-/m1/s1. The number of benzene rings is 2. The SMILES string of the molecule is COC(=O)c1sc(N2C(=O)C(=O)C(=C(O)c3ccc(Cl)cc3)[C@H]2c2cccc(Br)c2)nc1C. The number of esters is 1. The Morgan fingerprint density at radius 3 is 2.55 bits per heavy atom. The van der Waals surface area contributed by atoms with Gasteiger partial charge in [-0.1, -0.05) is 51.0 Å². The molecule has 7 nitrogen and oxygen atoms in total. The Kier molecular flexibility index (Phi) is 6.38. The zero-order valence-electron chi connectivity index (χ0n) is 17.3. The van der Waals surface area contributed by atoms with E-state index in [4.69, 9.17) is 16.3 Å². The van der Waals surface area contributed by atoms with Crippen molar-refractivity contribution in [2.24, 2.45) is 0 Å². The number of aromatic nitrogens is 1. The number of ether oxygens (including phenoxy) is 1. The van der Waals surface area contributed by atoms with Gasteiger partial charge in [0, 0.05) is 15.1 Å². The fourth-order valence-corrected chi connectivity index (χ4v) is 5.11. The Morgan fingerprint density at radius 2 is 1.91 bits per heavy atom. The second-order valence-corrected chi connectivity index (χ2v) is 9.46. The van der Waals surface area contributed by atoms with Crippen LogP contribution < -0.4 is 4.90 Å². The number of nitrogens with zero attached hydrogens (tertiary/aromatic N) is 2. The zero-order valence-corrected chi connectivity index (χ0v) is 20.5. The fourth-order valence-electron chi connectivity index (χ4n) is 3.55. The normalized spacial score (nSPS) is 17.5. The molecule has 1 aliphatic heterocycles. The van der Waals surface area contributed by atoms with Crippen LogP contribution in [0.1, 0.15) is 32.5 Å². The lowest BCUT2D eigenvalue weighted by Crippen LogP contribution is -2.29. The molecule has 0 spiro atoms. The van der Waals surface area contributed by atoms with Crippen LogP contribution in [0.15, 0.2) is 58.6 Å². The van der Waals surface area contributed by atoms with Gasteiger partial charge in [0.25, 0.3) is 5.78 Å². The molecule has 33 heavy (non-hydrogen) atoms. The lowest BCUT2D eigenvalue weighted by molar-refractivity contribution is -0.132. The highest BCUT2D eigenvalue weighted by molar-refractivity contribution is 9.10. The lowest BCUT2D eigenvalue weighted by atomic mass is 9.95. The summed E-state index contributed by atoms with van der Waals surface area (Å²) in [5.41, 5.74) is 1.19. The summed E-state index contributed by atoms with van der Waals surface area (Å²) in [4.78, 5) is 44.2. The number of carbonyl (C=O) groups excluding carboxylic acids is 3. The van der Waals surface area contributed by atoms with Crippen molar-refractivity contribution in [1.29, 1.82) is 0 Å². The third-order valence-electron chi connectivity index (χ3n) is 5.09. The summed E-state index contributed by atoms with van der Waals surface area (Å²) in [6, 6.07) is 12.4. The molecule has 1 atom stereocenters. The van der Waals surface area contributed by atoms with Crippen molar-refractivity contribution in [2.45, 2.75) is 13.0 Å². The van der Waals surface area contributed by atoms with E-state index in [9.17, 15) is 19.5 Å². The monoisotopic (exact) mass is 546 g/mol. The number of aryl methyl sites for hydroxylation is 1. The molecule has 0 bridgehead atoms. The van der Waals surface area contributed by atoms with Gasteiger partial charge in [-0.15, -0.1) is 0 Å². The maximum absolute atomic E-state index is 13.2. The maximum atomic E-state index is 13.2. The number of hydrogen-bond donors (Lipinski definition) is 1. The Balaban J connectivity index is 1.94. The van der Waals surface area contributed by atoms with Gasteiger partial charge in [-0.25, -0.2) is 9.78 Å². The van der Waals surface area contributed by atoms with E-state index < -0.39 is 23.7 Å². The van der Waals surface area contributed by atoms with Crippen molar-refractivity contribution in [3.05, 3.63) is 85.3 Å². The topological polar surface area (TPSA) is 96.8 Å². The van der Waals surface area contributed by atoms with Crippen LogP contribution >= 0.6 is 38.9 Å². The predicted molar refractivity (Wildman–Crippen MR) is 129 cm³/mol. The molecule has 0 aliphatic carbocycles. The summed E-state index contributed by atoms with van der Waals surface area (Å²) in [5.74, 6) is -2.65. The van der Waals surface area contributed by atoms with Crippen LogP contribution in [0, 0.1) is 6.92 Å². The minimum Gasteiger partial charge on any atom is -0.507 e. The number of aliphatic hydroxyl groups is 1. The highest BCUT2D eigenvalue weighted by atomic mass is 79.9. The van der Waals surface area contributed by atoms with E-state index in [1.165, 1.54) is 12.0 Å². The number of thiazole rings is 1. The van der Waals surface area contributed by atoms with Crippen LogP contribution in [0.25, 0.3) is 5.76 Å². The third-order valence-corrected chi connectivity index (χ3v) is 6.97. The molecule has 1 saturated heterocycles. The molecule has 1 N–H and O–H groups in total. The van der Waals surface area contributed by atoms with E-state index in [0.717, 1.165) is 15.8 Å².